The number of benzene rings is 2. The maximum Gasteiger partial charge on any atom is 0.147 e. The Balaban J connectivity index is 1.85. The molecule has 0 amide bonds. The standard InChI is InChI=1S/C16H17Br2NO/c1-20-16-14(17)9-13(10-15(16)18)11-19-8-7-12-5-3-2-4-6-12/h2-6,9-10,19H,7-8,11H2,1H3. The predicted molar refractivity (Wildman–Crippen MR) is 90.2 cm³/mol. The van der Waals surface area contributed by atoms with Gasteiger partial charge >= 0.3 is 0 Å². The molecule has 0 bridgehead atoms. The van der Waals surface area contributed by atoms with Crippen molar-refractivity contribution in [2.24, 2.45) is 0 Å². The topological polar surface area (TPSA) is 21.3 Å². The molecular formula is C16H17Br2NO. The Labute approximate surface area is 136 Å². The quantitative estimate of drug-likeness (QED) is 0.720. The largest absolute Gasteiger partial charge is 0.494 e. The fraction of sp³-hybridized carbons (Fsp3) is 0.250. The van der Waals surface area contributed by atoms with Crippen LogP contribution in [0.1, 0.15) is 11.1 Å². The second kappa shape index (κ2) is 7.81. The smallest absolute Gasteiger partial charge is 0.147 e. The van der Waals surface area contributed by atoms with Crippen LogP contribution in [-0.4, -0.2) is 13.7 Å². The predicted octanol–water partition coefficient (Wildman–Crippen LogP) is 4.55. The molecule has 20 heavy (non-hydrogen) atoms. The highest BCUT2D eigenvalue weighted by molar-refractivity contribution is 9.11. The van der Waals surface area contributed by atoms with Crippen LogP contribution in [0.2, 0.25) is 0 Å². The lowest BCUT2D eigenvalue weighted by molar-refractivity contribution is 0.409. The number of halogens is 2. The summed E-state index contributed by atoms with van der Waals surface area (Å²) in [5.41, 5.74) is 2.58. The first-order valence-corrected chi connectivity index (χ1v) is 8.06. The third-order valence-electron chi connectivity index (χ3n) is 3.02. The number of hydrogen-bond donors (Lipinski definition) is 1. The number of nitrogens with one attached hydrogen (secondary N) is 1. The first-order chi connectivity index (χ1) is 9.70. The van der Waals surface area contributed by atoms with Gasteiger partial charge in [-0.1, -0.05) is 30.3 Å². The highest BCUT2D eigenvalue weighted by atomic mass is 79.9. The van der Waals surface area contributed by atoms with Gasteiger partial charge in [-0.15, -0.1) is 0 Å². The minimum Gasteiger partial charge on any atom is -0.494 e. The van der Waals surface area contributed by atoms with Crippen LogP contribution >= 0.6 is 31.9 Å². The van der Waals surface area contributed by atoms with Crippen LogP contribution in [0.25, 0.3) is 0 Å². The summed E-state index contributed by atoms with van der Waals surface area (Å²) in [6, 6.07) is 14.7. The van der Waals surface area contributed by atoms with E-state index < -0.39 is 0 Å². The fourth-order valence-electron chi connectivity index (χ4n) is 2.02. The maximum atomic E-state index is 5.30. The van der Waals surface area contributed by atoms with E-state index >= 15 is 0 Å². The zero-order valence-corrected chi connectivity index (χ0v) is 14.5. The lowest BCUT2D eigenvalue weighted by atomic mass is 10.1. The van der Waals surface area contributed by atoms with Crippen LogP contribution in [-0.2, 0) is 13.0 Å². The zero-order chi connectivity index (χ0) is 14.4. The highest BCUT2D eigenvalue weighted by Crippen LogP contribution is 2.34. The minimum absolute atomic E-state index is 0.832. The number of ether oxygens (including phenoxy) is 1. The number of rotatable bonds is 6. The van der Waals surface area contributed by atoms with E-state index in [0.29, 0.717) is 0 Å². The minimum atomic E-state index is 0.832. The van der Waals surface area contributed by atoms with Gasteiger partial charge in [-0.05, 0) is 68.1 Å². The molecular weight excluding hydrogens is 382 g/mol. The van der Waals surface area contributed by atoms with Crippen LogP contribution in [0.15, 0.2) is 51.4 Å². The van der Waals surface area contributed by atoms with Gasteiger partial charge in [-0.2, -0.15) is 0 Å². The van der Waals surface area contributed by atoms with E-state index in [9.17, 15) is 0 Å². The van der Waals surface area contributed by atoms with Gasteiger partial charge < -0.3 is 10.1 Å². The van der Waals surface area contributed by atoms with E-state index in [2.05, 4.69) is 73.6 Å². The average molecular weight is 399 g/mol. The molecule has 0 unspecified atom stereocenters. The van der Waals surface area contributed by atoms with Gasteiger partial charge in [0.2, 0.25) is 0 Å². The van der Waals surface area contributed by atoms with Crippen molar-refractivity contribution in [3.63, 3.8) is 0 Å². The molecule has 2 nitrogen and oxygen atoms in total. The van der Waals surface area contributed by atoms with Crippen molar-refractivity contribution in [1.82, 2.24) is 5.32 Å². The van der Waals surface area contributed by atoms with Crippen LogP contribution in [0.5, 0.6) is 5.75 Å². The Bertz CT molecular complexity index is 535. The molecule has 0 aliphatic carbocycles. The highest BCUT2D eigenvalue weighted by Gasteiger charge is 2.07. The first-order valence-electron chi connectivity index (χ1n) is 6.47. The Morgan fingerprint density at radius 2 is 1.65 bits per heavy atom. The Kier molecular flexibility index (Phi) is 6.07. The molecule has 2 rings (SSSR count). The fourth-order valence-corrected chi connectivity index (χ4v) is 3.62. The van der Waals surface area contributed by atoms with E-state index in [0.717, 1.165) is 34.2 Å². The maximum absolute atomic E-state index is 5.30. The van der Waals surface area contributed by atoms with Crippen molar-refractivity contribution < 1.29 is 4.74 Å². The zero-order valence-electron chi connectivity index (χ0n) is 11.3. The number of methoxy groups -OCH3 is 1. The second-order valence-corrected chi connectivity index (χ2v) is 6.21. The Morgan fingerprint density at radius 3 is 2.25 bits per heavy atom. The molecule has 1 N–H and O–H groups in total. The molecule has 0 spiro atoms. The molecule has 0 aliphatic heterocycles. The summed E-state index contributed by atoms with van der Waals surface area (Å²) in [5, 5.41) is 3.46. The third-order valence-corrected chi connectivity index (χ3v) is 4.20. The molecule has 106 valence electrons. The molecule has 0 aromatic heterocycles. The van der Waals surface area contributed by atoms with Crippen molar-refractivity contribution in [1.29, 1.82) is 0 Å². The molecule has 0 heterocycles. The van der Waals surface area contributed by atoms with Crippen molar-refractivity contribution in [2.75, 3.05) is 13.7 Å². The van der Waals surface area contributed by atoms with Crippen LogP contribution in [0.4, 0.5) is 0 Å². The van der Waals surface area contributed by atoms with Crippen molar-refractivity contribution in [3.05, 3.63) is 62.5 Å². The summed E-state index contributed by atoms with van der Waals surface area (Å²) >= 11 is 7.04. The monoisotopic (exact) mass is 397 g/mol. The van der Waals surface area contributed by atoms with Gasteiger partial charge in [-0.25, -0.2) is 0 Å². The van der Waals surface area contributed by atoms with Gasteiger partial charge in [0, 0.05) is 6.54 Å². The lowest BCUT2D eigenvalue weighted by Gasteiger charge is -2.10. The Morgan fingerprint density at radius 1 is 1.00 bits per heavy atom. The average Bonchev–Trinajstić information content (AvgIpc) is 2.44. The van der Waals surface area contributed by atoms with Gasteiger partial charge in [-0.3, -0.25) is 0 Å². The number of hydrogen-bond acceptors (Lipinski definition) is 2. The third kappa shape index (κ3) is 4.33. The molecule has 0 atom stereocenters. The summed E-state index contributed by atoms with van der Waals surface area (Å²) in [4.78, 5) is 0. The Hall–Kier alpha value is -0.840. The van der Waals surface area contributed by atoms with Gasteiger partial charge in [0.1, 0.15) is 5.75 Å². The van der Waals surface area contributed by atoms with E-state index in [-0.39, 0.29) is 0 Å². The normalized spacial score (nSPS) is 10.6. The van der Waals surface area contributed by atoms with E-state index in [1.165, 1.54) is 11.1 Å². The second-order valence-electron chi connectivity index (χ2n) is 4.51. The summed E-state index contributed by atoms with van der Waals surface area (Å²) in [6.45, 7) is 1.80. The van der Waals surface area contributed by atoms with Gasteiger partial charge in [0.05, 0.1) is 16.1 Å². The first kappa shape index (κ1) is 15.5. The molecule has 0 saturated heterocycles. The molecule has 0 fully saturated rings. The van der Waals surface area contributed by atoms with Gasteiger partial charge in [0.15, 0.2) is 0 Å². The summed E-state index contributed by atoms with van der Waals surface area (Å²) in [6.07, 6.45) is 1.04. The summed E-state index contributed by atoms with van der Waals surface area (Å²) < 4.78 is 7.23. The van der Waals surface area contributed by atoms with Crippen LogP contribution in [0, 0.1) is 0 Å². The molecule has 0 radical (unpaired) electrons. The molecule has 0 aliphatic rings. The summed E-state index contributed by atoms with van der Waals surface area (Å²) in [5.74, 6) is 0.832. The van der Waals surface area contributed by atoms with Crippen molar-refractivity contribution in [3.8, 4) is 5.75 Å². The van der Waals surface area contributed by atoms with Crippen molar-refractivity contribution >= 4 is 31.9 Å². The molecule has 2 aromatic rings. The SMILES string of the molecule is COc1c(Br)cc(CNCCc2ccccc2)cc1Br. The van der Waals surface area contributed by atoms with Gasteiger partial charge in [0.25, 0.3) is 0 Å². The molecule has 2 aromatic carbocycles. The van der Waals surface area contributed by atoms with Crippen molar-refractivity contribution in [2.45, 2.75) is 13.0 Å². The van der Waals surface area contributed by atoms with Crippen LogP contribution in [0.3, 0.4) is 0 Å². The lowest BCUT2D eigenvalue weighted by Crippen LogP contribution is -2.16. The van der Waals surface area contributed by atoms with E-state index in [1.807, 2.05) is 6.07 Å². The summed E-state index contributed by atoms with van der Waals surface area (Å²) in [7, 11) is 1.67. The molecule has 0 saturated carbocycles. The molecule has 4 heteroatoms. The van der Waals surface area contributed by atoms with E-state index in [1.54, 1.807) is 7.11 Å². The van der Waals surface area contributed by atoms with Crippen LogP contribution < -0.4 is 10.1 Å². The van der Waals surface area contributed by atoms with E-state index in [4.69, 9.17) is 4.74 Å².